The van der Waals surface area contributed by atoms with E-state index < -0.39 is 27.7 Å². The minimum absolute atomic E-state index is 0.451. The molecular weight excluding hydrogens is 240 g/mol. The number of nitrogens with zero attached hydrogens (tertiary/aromatic N) is 1. The van der Waals surface area contributed by atoms with Gasteiger partial charge in [-0.25, -0.2) is 0 Å². The Kier molecular flexibility index (Phi) is 4.24. The molecule has 0 aliphatic carbocycles. The van der Waals surface area contributed by atoms with Crippen LogP contribution in [-0.4, -0.2) is 26.9 Å². The fourth-order valence-corrected chi connectivity index (χ4v) is 10.1. The van der Waals surface area contributed by atoms with Gasteiger partial charge in [0, 0.05) is 10.6 Å². The van der Waals surface area contributed by atoms with Crippen LogP contribution in [0.15, 0.2) is 0 Å². The molecule has 0 amide bonds. The second-order valence-electron chi connectivity index (χ2n) is 7.47. The highest BCUT2D eigenvalue weighted by Gasteiger charge is 2.60. The van der Waals surface area contributed by atoms with Gasteiger partial charge in [0.15, 0.2) is 0 Å². The molecule has 5 heteroatoms. The molecule has 0 radical (unpaired) electrons. The van der Waals surface area contributed by atoms with Crippen LogP contribution in [0.25, 0.3) is 0 Å². The molecule has 0 saturated carbocycles. The molecule has 0 bridgehead atoms. The van der Waals surface area contributed by atoms with Crippen molar-refractivity contribution in [1.82, 2.24) is 4.23 Å². The summed E-state index contributed by atoms with van der Waals surface area (Å²) in [7, 11) is -6.43. The van der Waals surface area contributed by atoms with Crippen molar-refractivity contribution in [2.45, 2.75) is 71.8 Å². The fraction of sp³-hybridized carbons (Fsp3) is 1.00. The first-order valence-corrected chi connectivity index (χ1v) is 10.9. The van der Waals surface area contributed by atoms with E-state index in [2.05, 4.69) is 0 Å². The van der Waals surface area contributed by atoms with E-state index in [1.807, 2.05) is 40.4 Å². The highest BCUT2D eigenvalue weighted by atomic mass is 28.5. The molecule has 0 fully saturated rings. The van der Waals surface area contributed by atoms with E-state index in [-0.39, 0.29) is 0 Å². The first-order valence-electron chi connectivity index (χ1n) is 5.80. The molecule has 98 valence electrons. The summed E-state index contributed by atoms with van der Waals surface area (Å²) in [6, 6.07) is 0. The SMILES string of the molecule is CC(C)(C)N([Si](C)(C)C)[Si](F)(F)C(C)(C)C. The van der Waals surface area contributed by atoms with Crippen molar-refractivity contribution in [1.29, 1.82) is 0 Å². The van der Waals surface area contributed by atoms with Crippen molar-refractivity contribution >= 4 is 17.1 Å². The zero-order chi connectivity index (χ0) is 13.6. The molecular formula is C11H27F2NSi2. The van der Waals surface area contributed by atoms with Crippen LogP contribution in [0.5, 0.6) is 0 Å². The molecule has 0 aromatic rings. The summed E-state index contributed by atoms with van der Waals surface area (Å²) < 4.78 is 31.0. The van der Waals surface area contributed by atoms with Crippen molar-refractivity contribution in [2.24, 2.45) is 0 Å². The Bertz CT molecular complexity index is 232. The van der Waals surface area contributed by atoms with Crippen molar-refractivity contribution in [3.63, 3.8) is 0 Å². The molecule has 0 atom stereocenters. The van der Waals surface area contributed by atoms with E-state index in [9.17, 15) is 8.22 Å². The highest BCUT2D eigenvalue weighted by Crippen LogP contribution is 2.45. The number of halogens is 2. The lowest BCUT2D eigenvalue weighted by atomic mass is 10.1. The maximum absolute atomic E-state index is 14.7. The molecule has 0 aromatic carbocycles. The summed E-state index contributed by atoms with van der Waals surface area (Å²) in [5.41, 5.74) is -0.451. The normalized spacial score (nSPS) is 15.8. The van der Waals surface area contributed by atoms with E-state index in [0.29, 0.717) is 0 Å². The lowest BCUT2D eigenvalue weighted by Gasteiger charge is -2.51. The number of hydrogen-bond acceptors (Lipinski definition) is 1. The molecule has 0 aromatic heterocycles. The fourth-order valence-electron chi connectivity index (χ4n) is 2.18. The summed E-state index contributed by atoms with van der Waals surface area (Å²) in [5, 5.41) is -0.902. The van der Waals surface area contributed by atoms with E-state index >= 15 is 0 Å². The van der Waals surface area contributed by atoms with Crippen LogP contribution in [0.4, 0.5) is 8.22 Å². The third-order valence-corrected chi connectivity index (χ3v) is 10.4. The standard InChI is InChI=1S/C11H27F2NSi2/c1-10(2,3)14(15(7,8)9)16(12,13)11(4,5)6/h1-9H3. The van der Waals surface area contributed by atoms with Gasteiger partial charge in [-0.05, 0) is 20.8 Å². The Morgan fingerprint density at radius 1 is 0.812 bits per heavy atom. The molecule has 0 aliphatic rings. The maximum Gasteiger partial charge on any atom is 0.506 e. The Morgan fingerprint density at radius 2 is 1.12 bits per heavy atom. The van der Waals surface area contributed by atoms with Gasteiger partial charge < -0.3 is 0 Å². The Balaban J connectivity index is 5.57. The predicted octanol–water partition coefficient (Wildman–Crippen LogP) is 4.60. The minimum atomic E-state index is -4.41. The van der Waals surface area contributed by atoms with Gasteiger partial charge in [-0.1, -0.05) is 40.4 Å². The maximum atomic E-state index is 14.7. The zero-order valence-electron chi connectivity index (χ0n) is 12.2. The zero-order valence-corrected chi connectivity index (χ0v) is 14.2. The van der Waals surface area contributed by atoms with E-state index in [1.165, 1.54) is 0 Å². The van der Waals surface area contributed by atoms with Gasteiger partial charge >= 0.3 is 8.90 Å². The summed E-state index contributed by atoms with van der Waals surface area (Å²) in [4.78, 5) is 0. The largest absolute Gasteiger partial charge is 0.506 e. The van der Waals surface area contributed by atoms with Gasteiger partial charge in [0.05, 0.1) is 0 Å². The summed E-state index contributed by atoms with van der Waals surface area (Å²) in [6.45, 7) is 16.7. The third kappa shape index (κ3) is 3.37. The Labute approximate surface area is 102 Å². The van der Waals surface area contributed by atoms with Crippen molar-refractivity contribution in [2.75, 3.05) is 0 Å². The van der Waals surface area contributed by atoms with Gasteiger partial charge in [0.2, 0.25) is 0 Å². The van der Waals surface area contributed by atoms with Crippen LogP contribution >= 0.6 is 0 Å². The van der Waals surface area contributed by atoms with E-state index in [4.69, 9.17) is 0 Å². The van der Waals surface area contributed by atoms with Crippen LogP contribution in [0.2, 0.25) is 24.7 Å². The van der Waals surface area contributed by atoms with Crippen LogP contribution in [-0.2, 0) is 0 Å². The Hall–Kier alpha value is 0.254. The molecule has 16 heavy (non-hydrogen) atoms. The van der Waals surface area contributed by atoms with Crippen molar-refractivity contribution in [3.8, 4) is 0 Å². The molecule has 0 spiro atoms. The van der Waals surface area contributed by atoms with E-state index in [0.717, 1.165) is 0 Å². The molecule has 0 aliphatic heterocycles. The van der Waals surface area contributed by atoms with Crippen LogP contribution in [0, 0.1) is 0 Å². The highest BCUT2D eigenvalue weighted by molar-refractivity contribution is 6.86. The van der Waals surface area contributed by atoms with E-state index in [1.54, 1.807) is 25.0 Å². The average Bonchev–Trinajstić information content (AvgIpc) is 1.72. The van der Waals surface area contributed by atoms with Gasteiger partial charge in [0.25, 0.3) is 0 Å². The average molecular weight is 268 g/mol. The molecule has 0 heterocycles. The number of hydrogen-bond donors (Lipinski definition) is 0. The van der Waals surface area contributed by atoms with Crippen molar-refractivity contribution < 1.29 is 8.22 Å². The van der Waals surface area contributed by atoms with Crippen LogP contribution in [0.3, 0.4) is 0 Å². The molecule has 0 rings (SSSR count). The van der Waals surface area contributed by atoms with Gasteiger partial charge in [-0.15, -0.1) is 0 Å². The second-order valence-corrected chi connectivity index (χ2v) is 15.7. The predicted molar refractivity (Wildman–Crippen MR) is 72.6 cm³/mol. The Morgan fingerprint density at radius 3 is 1.19 bits per heavy atom. The lowest BCUT2D eigenvalue weighted by Crippen LogP contribution is -2.69. The monoisotopic (exact) mass is 267 g/mol. The quantitative estimate of drug-likeness (QED) is 0.522. The van der Waals surface area contributed by atoms with Gasteiger partial charge in [-0.2, -0.15) is 0 Å². The first kappa shape index (κ1) is 16.3. The first-order chi connectivity index (χ1) is 6.62. The van der Waals surface area contributed by atoms with Gasteiger partial charge in [-0.3, -0.25) is 12.4 Å². The second kappa shape index (κ2) is 4.17. The van der Waals surface area contributed by atoms with Crippen molar-refractivity contribution in [3.05, 3.63) is 0 Å². The van der Waals surface area contributed by atoms with Gasteiger partial charge in [0.1, 0.15) is 8.24 Å². The lowest BCUT2D eigenvalue weighted by molar-refractivity contribution is 0.266. The molecule has 1 nitrogen and oxygen atoms in total. The van der Waals surface area contributed by atoms with Crippen LogP contribution < -0.4 is 0 Å². The molecule has 0 N–H and O–H groups in total. The molecule has 0 saturated heterocycles. The summed E-state index contributed by atoms with van der Waals surface area (Å²) in [6.07, 6.45) is 0. The third-order valence-electron chi connectivity index (χ3n) is 2.52. The van der Waals surface area contributed by atoms with Crippen LogP contribution in [0.1, 0.15) is 41.5 Å². The summed E-state index contributed by atoms with van der Waals surface area (Å²) >= 11 is 0. The molecule has 0 unspecified atom stereocenters. The smallest absolute Gasteiger partial charge is 0.291 e. The minimum Gasteiger partial charge on any atom is -0.291 e. The number of rotatable bonds is 2. The topological polar surface area (TPSA) is 3.24 Å². The summed E-state index contributed by atoms with van der Waals surface area (Å²) in [5.74, 6) is 0.